The molecule has 0 aromatic heterocycles. The highest BCUT2D eigenvalue weighted by atomic mass is 31.2. The first kappa shape index (κ1) is 19.7. The van der Waals surface area contributed by atoms with E-state index in [1.165, 1.54) is 0 Å². The van der Waals surface area contributed by atoms with Gasteiger partial charge in [-0.15, -0.1) is 0 Å². The predicted molar refractivity (Wildman–Crippen MR) is 89.6 cm³/mol. The predicted octanol–water partition coefficient (Wildman–Crippen LogP) is 3.57. The van der Waals surface area contributed by atoms with Gasteiger partial charge in [-0.2, -0.15) is 0 Å². The number of para-hydroxylation sites is 1. The number of hydrogen-bond donors (Lipinski definition) is 1. The van der Waals surface area contributed by atoms with Crippen LogP contribution < -0.4 is 9.61 Å². The standard InChI is InChI=1S/C16H26NO5P/c1-4-6-12-20-13-23(19,17-14(3)16(18)21-5-2)22-15-10-8-7-9-11-15/h7-11,14H,4-6,12-13H2,1-3H3,(H,17,19)/t14-,23+/m0/s1. The van der Waals surface area contributed by atoms with Crippen LogP contribution in [0.4, 0.5) is 0 Å². The Morgan fingerprint density at radius 3 is 2.57 bits per heavy atom. The molecule has 130 valence electrons. The van der Waals surface area contributed by atoms with Gasteiger partial charge in [-0.1, -0.05) is 31.5 Å². The van der Waals surface area contributed by atoms with E-state index in [2.05, 4.69) is 5.09 Å². The van der Waals surface area contributed by atoms with E-state index in [0.29, 0.717) is 12.4 Å². The summed E-state index contributed by atoms with van der Waals surface area (Å²) < 4.78 is 29.0. The molecule has 23 heavy (non-hydrogen) atoms. The zero-order valence-electron chi connectivity index (χ0n) is 14.0. The maximum Gasteiger partial charge on any atom is 0.342 e. The summed E-state index contributed by atoms with van der Waals surface area (Å²) in [7, 11) is -3.39. The molecule has 6 nitrogen and oxygen atoms in total. The second-order valence-electron chi connectivity index (χ2n) is 5.07. The third-order valence-corrected chi connectivity index (χ3v) is 4.74. The topological polar surface area (TPSA) is 73.9 Å². The summed E-state index contributed by atoms with van der Waals surface area (Å²) >= 11 is 0. The third-order valence-electron chi connectivity index (χ3n) is 2.93. The van der Waals surface area contributed by atoms with Gasteiger partial charge in [0.15, 0.2) is 0 Å². The van der Waals surface area contributed by atoms with Gasteiger partial charge >= 0.3 is 13.5 Å². The monoisotopic (exact) mass is 343 g/mol. The number of carbonyl (C=O) groups is 1. The lowest BCUT2D eigenvalue weighted by Gasteiger charge is -2.23. The summed E-state index contributed by atoms with van der Waals surface area (Å²) in [6, 6.07) is 8.06. The Morgan fingerprint density at radius 2 is 1.96 bits per heavy atom. The zero-order chi connectivity index (χ0) is 17.1. The molecule has 0 bridgehead atoms. The molecule has 1 aromatic carbocycles. The number of esters is 1. The second-order valence-corrected chi connectivity index (χ2v) is 7.12. The second kappa shape index (κ2) is 10.4. The molecule has 0 saturated carbocycles. The number of carbonyl (C=O) groups excluding carboxylic acids is 1. The minimum absolute atomic E-state index is 0.106. The Morgan fingerprint density at radius 1 is 1.26 bits per heavy atom. The molecule has 0 amide bonds. The van der Waals surface area contributed by atoms with E-state index in [9.17, 15) is 9.36 Å². The van der Waals surface area contributed by atoms with Crippen LogP contribution in [0.3, 0.4) is 0 Å². The molecular weight excluding hydrogens is 317 g/mol. The van der Waals surface area contributed by atoms with Gasteiger partial charge < -0.3 is 14.0 Å². The maximum atomic E-state index is 13.0. The number of hydrogen-bond acceptors (Lipinski definition) is 5. The van der Waals surface area contributed by atoms with E-state index < -0.39 is 19.5 Å². The molecule has 0 saturated heterocycles. The van der Waals surface area contributed by atoms with Crippen molar-refractivity contribution in [2.45, 2.75) is 39.7 Å². The van der Waals surface area contributed by atoms with E-state index in [1.54, 1.807) is 38.1 Å². The van der Waals surface area contributed by atoms with Crippen LogP contribution in [-0.2, 0) is 18.8 Å². The van der Waals surface area contributed by atoms with Gasteiger partial charge in [0, 0.05) is 6.61 Å². The highest BCUT2D eigenvalue weighted by Gasteiger charge is 2.30. The van der Waals surface area contributed by atoms with E-state index in [0.717, 1.165) is 12.8 Å². The lowest BCUT2D eigenvalue weighted by Crippen LogP contribution is -2.35. The lowest BCUT2D eigenvalue weighted by molar-refractivity contribution is -0.144. The lowest BCUT2D eigenvalue weighted by atomic mass is 10.3. The van der Waals surface area contributed by atoms with Crippen LogP contribution in [0, 0.1) is 0 Å². The average molecular weight is 343 g/mol. The molecule has 2 atom stereocenters. The molecule has 0 aliphatic heterocycles. The first-order chi connectivity index (χ1) is 11.0. The average Bonchev–Trinajstić information content (AvgIpc) is 2.52. The van der Waals surface area contributed by atoms with Crippen molar-refractivity contribution >= 4 is 13.5 Å². The molecule has 0 heterocycles. The van der Waals surface area contributed by atoms with Gasteiger partial charge in [0.1, 0.15) is 18.1 Å². The Bertz CT molecular complexity index is 508. The van der Waals surface area contributed by atoms with Crippen molar-refractivity contribution in [3.63, 3.8) is 0 Å². The van der Waals surface area contributed by atoms with Crippen molar-refractivity contribution in [2.75, 3.05) is 19.6 Å². The molecule has 1 rings (SSSR count). The molecule has 1 aromatic rings. The van der Waals surface area contributed by atoms with Crippen LogP contribution in [-0.4, -0.2) is 31.6 Å². The van der Waals surface area contributed by atoms with Crippen molar-refractivity contribution < 1.29 is 23.4 Å². The molecule has 7 heteroatoms. The molecule has 0 radical (unpaired) electrons. The van der Waals surface area contributed by atoms with Gasteiger partial charge in [0.2, 0.25) is 0 Å². The van der Waals surface area contributed by atoms with E-state index in [4.69, 9.17) is 14.0 Å². The number of rotatable bonds is 11. The Labute approximate surface area is 138 Å². The maximum absolute atomic E-state index is 13.0. The third kappa shape index (κ3) is 7.64. The molecular formula is C16H26NO5P. The summed E-state index contributed by atoms with van der Waals surface area (Å²) in [6.45, 7) is 6.11. The fourth-order valence-electron chi connectivity index (χ4n) is 1.79. The smallest absolute Gasteiger partial charge is 0.342 e. The van der Waals surface area contributed by atoms with Crippen LogP contribution in [0.2, 0.25) is 0 Å². The molecule has 0 aliphatic rings. The fraction of sp³-hybridized carbons (Fsp3) is 0.562. The number of ether oxygens (including phenoxy) is 2. The van der Waals surface area contributed by atoms with E-state index in [1.807, 2.05) is 13.0 Å². The van der Waals surface area contributed by atoms with Gasteiger partial charge in [-0.3, -0.25) is 9.36 Å². The largest absolute Gasteiger partial charge is 0.465 e. The quantitative estimate of drug-likeness (QED) is 0.376. The van der Waals surface area contributed by atoms with Gasteiger partial charge in [0.05, 0.1) is 6.61 Å². The zero-order valence-corrected chi connectivity index (χ0v) is 14.9. The Balaban J connectivity index is 2.74. The van der Waals surface area contributed by atoms with E-state index >= 15 is 0 Å². The highest BCUT2D eigenvalue weighted by molar-refractivity contribution is 7.57. The summed E-state index contributed by atoms with van der Waals surface area (Å²) in [5, 5.41) is 2.74. The normalized spacial score (nSPS) is 14.7. The number of benzene rings is 1. The summed E-state index contributed by atoms with van der Waals surface area (Å²) in [4.78, 5) is 11.7. The van der Waals surface area contributed by atoms with Crippen LogP contribution in [0.1, 0.15) is 33.6 Å². The first-order valence-corrected chi connectivity index (χ1v) is 9.67. The Kier molecular flexibility index (Phi) is 8.92. The molecule has 1 N–H and O–H groups in total. The number of unbranched alkanes of at least 4 members (excludes halogenated alkanes) is 1. The van der Waals surface area contributed by atoms with E-state index in [-0.39, 0.29) is 13.0 Å². The van der Waals surface area contributed by atoms with Crippen molar-refractivity contribution in [1.82, 2.24) is 5.09 Å². The fourth-order valence-corrected chi connectivity index (χ4v) is 3.49. The van der Waals surface area contributed by atoms with Crippen molar-refractivity contribution in [3.05, 3.63) is 30.3 Å². The molecule has 0 aliphatic carbocycles. The van der Waals surface area contributed by atoms with Gasteiger partial charge in [-0.25, -0.2) is 5.09 Å². The van der Waals surface area contributed by atoms with Crippen LogP contribution in [0.25, 0.3) is 0 Å². The van der Waals surface area contributed by atoms with Crippen molar-refractivity contribution in [1.29, 1.82) is 0 Å². The molecule has 0 spiro atoms. The summed E-state index contributed by atoms with van der Waals surface area (Å²) in [5.74, 6) is -0.0172. The first-order valence-electron chi connectivity index (χ1n) is 7.86. The minimum atomic E-state index is -3.39. The van der Waals surface area contributed by atoms with Gasteiger partial charge in [-0.05, 0) is 32.4 Å². The van der Waals surface area contributed by atoms with Crippen LogP contribution in [0.5, 0.6) is 5.75 Å². The van der Waals surface area contributed by atoms with Crippen LogP contribution in [0.15, 0.2) is 30.3 Å². The summed E-state index contributed by atoms with van der Waals surface area (Å²) in [5.41, 5.74) is 0. The minimum Gasteiger partial charge on any atom is -0.465 e. The van der Waals surface area contributed by atoms with Crippen molar-refractivity contribution in [2.24, 2.45) is 0 Å². The van der Waals surface area contributed by atoms with Gasteiger partial charge in [0.25, 0.3) is 0 Å². The summed E-state index contributed by atoms with van der Waals surface area (Å²) in [6.07, 6.45) is 1.75. The SMILES string of the molecule is CCCCOC[P@](=O)(N[C@@H](C)C(=O)OCC)Oc1ccccc1. The highest BCUT2D eigenvalue weighted by Crippen LogP contribution is 2.43. The molecule has 0 unspecified atom stereocenters. The molecule has 0 fully saturated rings. The Hall–Kier alpha value is -1.36. The van der Waals surface area contributed by atoms with Crippen LogP contribution >= 0.6 is 7.52 Å². The van der Waals surface area contributed by atoms with Crippen molar-refractivity contribution in [3.8, 4) is 5.75 Å². The number of nitrogens with one attached hydrogen (secondary N) is 1.